The molecular weight excluding hydrogens is 2200 g/mol. The Morgan fingerprint density at radius 2 is 0.860 bits per heavy atom. The quantitative estimate of drug-likeness (QED) is 0.0824. The number of carboxylic acid groups (broad SMARTS) is 1. The van der Waals surface area contributed by atoms with E-state index >= 15 is 0 Å². The van der Waals surface area contributed by atoms with Crippen LogP contribution >= 0.6 is 66.6 Å². The zero-order valence-electron chi connectivity index (χ0n) is 50.4. The van der Waals surface area contributed by atoms with Gasteiger partial charge in [-0.3, -0.25) is 14.4 Å². The van der Waals surface area contributed by atoms with Crippen LogP contribution in [0.5, 0.6) is 17.2 Å². The van der Waals surface area contributed by atoms with Crippen molar-refractivity contribution in [2.45, 2.75) is 129 Å². The molecule has 0 aromatic heterocycles. The van der Waals surface area contributed by atoms with Crippen LogP contribution in [0, 0.1) is 42.9 Å². The van der Waals surface area contributed by atoms with Gasteiger partial charge in [0.15, 0.2) is 0 Å². The topological polar surface area (TPSA) is 129 Å². The Balaban J connectivity index is 0. The number of halogens is 4. The molecule has 2 unspecified atom stereocenters. The maximum atomic E-state index is 12.2. The molecule has 0 bridgehead atoms. The Morgan fingerprint density at radius 1 is 0.527 bits per heavy atom. The second-order valence-electron chi connectivity index (χ2n) is 18.7. The van der Waals surface area contributed by atoms with E-state index in [0.717, 1.165) is 23.5 Å². The van der Waals surface area contributed by atoms with Gasteiger partial charge in [-0.05, 0) is 126 Å². The second kappa shape index (κ2) is 66.8. The largest absolute Gasteiger partial charge is 0.506 e. The second-order valence-corrected chi connectivity index (χ2v) is 72.1. The summed E-state index contributed by atoms with van der Waals surface area (Å²) in [7, 11) is 56.1. The maximum absolute atomic E-state index is 12.2. The van der Waals surface area contributed by atoms with Gasteiger partial charge in [0, 0.05) is 315 Å². The molecule has 0 heterocycles. The zero-order valence-corrected chi connectivity index (χ0v) is 85.5. The molecule has 2 aliphatic carbocycles. The van der Waals surface area contributed by atoms with E-state index in [4.69, 9.17) is 81.6 Å². The Labute approximate surface area is 696 Å². The van der Waals surface area contributed by atoms with Gasteiger partial charge in [0.05, 0.1) is 48.0 Å². The smallest absolute Gasteiger partial charge is 0.313 e. The van der Waals surface area contributed by atoms with Crippen LogP contribution in [0.15, 0.2) is 54.6 Å². The fourth-order valence-corrected chi connectivity index (χ4v) is 82.5. The number of esters is 2. The number of aliphatic carboxylic acids is 1. The predicted octanol–water partition coefficient (Wildman–Crippen LogP) is 13.3. The summed E-state index contributed by atoms with van der Waals surface area (Å²) in [4.78, 5) is 33.6. The summed E-state index contributed by atoms with van der Waals surface area (Å²) < 4.78 is 22.5. The third kappa shape index (κ3) is 59.1. The first-order valence-corrected chi connectivity index (χ1v) is 69.4. The number of carbonyl (C=O) groups excluding carboxylic acids is 2. The fourth-order valence-electron chi connectivity index (χ4n) is 6.85. The third-order valence-electron chi connectivity index (χ3n) is 10.1. The number of hydrogen-bond acceptors (Lipinski definition) is 10. The third-order valence-corrected chi connectivity index (χ3v) is 74.5. The van der Waals surface area contributed by atoms with Gasteiger partial charge in [-0.15, -0.1) is 9.24 Å². The minimum Gasteiger partial charge on any atom is -0.506 e. The van der Waals surface area contributed by atoms with Gasteiger partial charge < -0.3 is 29.2 Å². The normalized spacial score (nSPS) is 11.9. The average molecular weight is 2270 g/mol. The van der Waals surface area contributed by atoms with E-state index in [1.807, 2.05) is 206 Å². The van der Waals surface area contributed by atoms with Gasteiger partial charge in [-0.1, -0.05) is 121 Å². The van der Waals surface area contributed by atoms with Crippen molar-refractivity contribution in [2.24, 2.45) is 11.8 Å². The monoisotopic (exact) mass is 2270 g/mol. The van der Waals surface area contributed by atoms with Gasteiger partial charge in [-0.25, -0.2) is 0 Å². The van der Waals surface area contributed by atoms with Crippen molar-refractivity contribution >= 4 is 364 Å². The van der Waals surface area contributed by atoms with Crippen molar-refractivity contribution < 1.29 is 74.7 Å². The summed E-state index contributed by atoms with van der Waals surface area (Å²) in [6.45, 7) is 13.7. The summed E-state index contributed by atoms with van der Waals surface area (Å²) in [5.41, 5.74) is 1.69. The molecule has 0 amide bonds. The van der Waals surface area contributed by atoms with Crippen LogP contribution < -0.4 is 9.47 Å². The molecule has 532 valence electrons. The van der Waals surface area contributed by atoms with E-state index in [0.29, 0.717) is 33.0 Å². The van der Waals surface area contributed by atoms with E-state index in [1.165, 1.54) is 106 Å². The van der Waals surface area contributed by atoms with E-state index in [2.05, 4.69) is 36.6 Å². The molecule has 9 nitrogen and oxygen atoms in total. The molecule has 93 heavy (non-hydrogen) atoms. The SMILES string of the molecule is COC(=O)C(CC1CCCC1)c1ccc(OC(C)(C)C)c(Cl)c1.COC(=O)Cc1ccc(OC(C)(C)C)c(Cl)c1.CP.ICC1CCCC1.O=C(O)Cc1ccc(O)c(Cl)c1.S=S=S=S=S=S=S=S=S=S=S=S=S=S=S=S=S=S=S=S=S=S=S=S=S=S=S=S=S=S=S.[U]. The number of phenolic OH excluding ortho intramolecular Hbond substituents is 1. The molecular formula is C47H67Cl3IO9PS31U. The molecule has 0 spiro atoms. The minimum absolute atomic E-state index is 0. The number of phenols is 1. The number of aromatic hydroxyl groups is 1. The van der Waals surface area contributed by atoms with Crippen LogP contribution in [0.2, 0.25) is 15.1 Å². The first-order chi connectivity index (χ1) is 44.1. The maximum Gasteiger partial charge on any atom is 0.313 e. The Bertz CT molecular complexity index is 4150. The summed E-state index contributed by atoms with van der Waals surface area (Å²) in [5, 5.41) is 18.6. The Morgan fingerprint density at radius 3 is 1.16 bits per heavy atom. The summed E-state index contributed by atoms with van der Waals surface area (Å²) in [6, 6.07) is 15.3. The predicted molar refractivity (Wildman–Crippen MR) is 490 cm³/mol. The van der Waals surface area contributed by atoms with Gasteiger partial charge >= 0.3 is 17.9 Å². The van der Waals surface area contributed by atoms with E-state index in [9.17, 15) is 14.4 Å². The van der Waals surface area contributed by atoms with Gasteiger partial charge in [-0.2, -0.15) is 0 Å². The van der Waals surface area contributed by atoms with Gasteiger partial charge in [0.25, 0.3) is 0 Å². The molecule has 0 aliphatic heterocycles. The van der Waals surface area contributed by atoms with Crippen molar-refractivity contribution in [1.82, 2.24) is 0 Å². The number of carboxylic acids is 1. The average Bonchev–Trinajstić information content (AvgIpc) is 2.36. The van der Waals surface area contributed by atoms with Crippen molar-refractivity contribution in [3.05, 3.63) is 86.4 Å². The minimum atomic E-state index is -0.920. The van der Waals surface area contributed by atoms with E-state index < -0.39 is 5.97 Å². The number of alkyl halides is 1. The molecule has 3 aromatic carbocycles. The number of rotatable bonds is 11. The van der Waals surface area contributed by atoms with Crippen molar-refractivity contribution in [2.75, 3.05) is 25.3 Å². The molecule has 2 aliphatic rings. The van der Waals surface area contributed by atoms with E-state index in [1.54, 1.807) is 119 Å². The molecule has 2 atom stereocenters. The number of carbonyl (C=O) groups is 3. The zero-order chi connectivity index (χ0) is 68.8. The van der Waals surface area contributed by atoms with Crippen LogP contribution in [0.3, 0.4) is 0 Å². The first kappa shape index (κ1) is 100. The molecule has 0 saturated heterocycles. The van der Waals surface area contributed by atoms with Crippen molar-refractivity contribution in [1.29, 1.82) is 0 Å². The van der Waals surface area contributed by atoms with Crippen LogP contribution in [0.4, 0.5) is 0 Å². The van der Waals surface area contributed by atoms with Crippen LogP contribution in [-0.2, 0) is 317 Å². The fraction of sp³-hybridized carbons (Fsp3) is 0.553. The molecule has 2 fully saturated rings. The van der Waals surface area contributed by atoms with Crippen molar-refractivity contribution in [3.63, 3.8) is 0 Å². The summed E-state index contributed by atoms with van der Waals surface area (Å²) >= 11 is 30.1. The first-order valence-electron chi connectivity index (χ1n) is 25.6. The number of hydrogen-bond donors (Lipinski definition) is 2. The molecule has 2 N–H and O–H groups in total. The molecule has 46 heteroatoms. The van der Waals surface area contributed by atoms with Gasteiger partial charge in [0.1, 0.15) is 28.5 Å². The van der Waals surface area contributed by atoms with Crippen LogP contribution in [-0.4, -0.2) is 64.6 Å². The summed E-state index contributed by atoms with van der Waals surface area (Å²) in [6.07, 6.45) is 11.9. The molecule has 3 aromatic rings. The van der Waals surface area contributed by atoms with E-state index in [-0.39, 0.29) is 83.8 Å². The Kier molecular flexibility index (Phi) is 72.1. The number of methoxy groups -OCH3 is 2. The number of ether oxygens (including phenoxy) is 4. The molecule has 0 radical (unpaired) electrons. The van der Waals surface area contributed by atoms with Gasteiger partial charge in [0.2, 0.25) is 0 Å². The number of benzene rings is 3. The molecule has 5 rings (SSSR count). The van der Waals surface area contributed by atoms with Crippen LogP contribution in [0.25, 0.3) is 0 Å². The standard InChI is InChI=1S/C19H27ClO3.C13H17ClO3.C8H7ClO3.C6H11I.CH5P.S31.U/c1-19(2,3)23-17-10-9-14(12-16(17)20)15(18(21)22-4)11-13-7-5-6-8-13;1-13(2,3)17-11-6-5-9(7-10(11)14)8-12(15)16-4;9-6-3-5(4-8(11)12)1-2-7(6)10;7-5-6-3-1-2-4-6;1-2;1-3-5-7-9-11-13-15-17-19-21-23-25-27-29-31-30-28-26-24-22-20-18-16-14-12-10-8-6-4-2;/h9-10,12-13,15H,5-8,11H2,1-4H3;5-7H,8H2,1-4H3;1-3,10H,4H2,(H,11,12);6H,1-5H2;2H2,1H3;;. The molecule has 2 saturated carbocycles. The Hall–Kier alpha value is 5.37. The van der Waals surface area contributed by atoms with Crippen LogP contribution in [0.1, 0.15) is 122 Å². The van der Waals surface area contributed by atoms with Crippen molar-refractivity contribution in [3.8, 4) is 17.2 Å². The summed E-state index contributed by atoms with van der Waals surface area (Å²) in [5.74, 6) is 1.28.